The van der Waals surface area contributed by atoms with E-state index in [4.69, 9.17) is 10.6 Å². The van der Waals surface area contributed by atoms with Crippen LogP contribution in [0.3, 0.4) is 0 Å². The maximum atomic E-state index is 13.1. The van der Waals surface area contributed by atoms with Gasteiger partial charge in [-0.25, -0.2) is 0 Å². The molecule has 248 valence electrons. The summed E-state index contributed by atoms with van der Waals surface area (Å²) in [5, 5.41) is 28.1. The van der Waals surface area contributed by atoms with Crippen molar-refractivity contribution >= 4 is 40.6 Å². The number of para-hydroxylation sites is 1. The van der Waals surface area contributed by atoms with Gasteiger partial charge in [-0.15, -0.1) is 5.10 Å². The highest BCUT2D eigenvalue weighted by atomic mass is 16.7. The van der Waals surface area contributed by atoms with E-state index in [9.17, 15) is 29.2 Å². The highest BCUT2D eigenvalue weighted by Crippen LogP contribution is 2.22. The maximum absolute atomic E-state index is 13.1. The van der Waals surface area contributed by atoms with Gasteiger partial charge in [-0.3, -0.25) is 24.0 Å². The van der Waals surface area contributed by atoms with Crippen molar-refractivity contribution in [2.24, 2.45) is 11.7 Å². The number of fused-ring (bicyclic) bond motifs is 1. The van der Waals surface area contributed by atoms with Crippen LogP contribution in [0.4, 0.5) is 0 Å². The summed E-state index contributed by atoms with van der Waals surface area (Å²) < 4.78 is 0. The van der Waals surface area contributed by atoms with Crippen LogP contribution < -0.4 is 31.8 Å². The molecule has 1 heterocycles. The molecule has 48 heavy (non-hydrogen) atoms. The summed E-state index contributed by atoms with van der Waals surface area (Å²) in [5.41, 5.74) is 7.28. The number of aromatic nitrogens is 3. The number of hydrogen-bond donors (Lipinski definition) is 5. The molecular formula is C33H35N9O6. The van der Waals surface area contributed by atoms with Gasteiger partial charge in [0.2, 0.25) is 23.6 Å². The third kappa shape index (κ3) is 9.36. The number of amides is 5. The van der Waals surface area contributed by atoms with Crippen LogP contribution in [0.5, 0.6) is 5.75 Å². The Hall–Kier alpha value is -6.30. The lowest BCUT2D eigenvalue weighted by molar-refractivity contribution is -0.130. The molecule has 1 aromatic heterocycles. The lowest BCUT2D eigenvalue weighted by Gasteiger charge is -2.22. The molecule has 4 rings (SSSR count). The molecule has 0 aliphatic carbocycles. The first kappa shape index (κ1) is 34.6. The van der Waals surface area contributed by atoms with Crippen molar-refractivity contribution in [3.63, 3.8) is 0 Å². The molecule has 0 spiro atoms. The second-order valence-corrected chi connectivity index (χ2v) is 11.1. The molecular weight excluding hydrogens is 618 g/mol. The average molecular weight is 654 g/mol. The molecule has 0 aliphatic rings. The van der Waals surface area contributed by atoms with E-state index in [0.29, 0.717) is 11.0 Å². The van der Waals surface area contributed by atoms with Crippen LogP contribution in [-0.4, -0.2) is 69.9 Å². The van der Waals surface area contributed by atoms with Crippen LogP contribution in [0.1, 0.15) is 41.8 Å². The normalized spacial score (nSPS) is 12.0. The van der Waals surface area contributed by atoms with Gasteiger partial charge in [0.05, 0.1) is 12.1 Å². The van der Waals surface area contributed by atoms with Crippen molar-refractivity contribution in [2.45, 2.75) is 38.8 Å². The largest absolute Gasteiger partial charge is 0.368 e. The predicted molar refractivity (Wildman–Crippen MR) is 173 cm³/mol. The summed E-state index contributed by atoms with van der Waals surface area (Å²) in [6.45, 7) is 3.03. The van der Waals surface area contributed by atoms with Gasteiger partial charge in [-0.2, -0.15) is 5.26 Å². The fourth-order valence-electron chi connectivity index (χ4n) is 4.64. The minimum Gasteiger partial charge on any atom is -0.368 e. The Bertz CT molecular complexity index is 1830. The topological polar surface area (TPSA) is 223 Å². The Morgan fingerprint density at radius 2 is 1.67 bits per heavy atom. The monoisotopic (exact) mass is 653 g/mol. The van der Waals surface area contributed by atoms with E-state index in [1.54, 1.807) is 62.4 Å². The number of hydrogen-bond acceptors (Lipinski definition) is 9. The van der Waals surface area contributed by atoms with Crippen LogP contribution in [0.2, 0.25) is 0 Å². The Kier molecular flexibility index (Phi) is 11.8. The Morgan fingerprint density at radius 1 is 0.938 bits per heavy atom. The van der Waals surface area contributed by atoms with E-state index < -0.39 is 41.6 Å². The molecule has 0 aliphatic heterocycles. The van der Waals surface area contributed by atoms with E-state index in [0.717, 1.165) is 5.56 Å². The Labute approximate surface area is 275 Å². The van der Waals surface area contributed by atoms with Crippen LogP contribution in [0.25, 0.3) is 11.0 Å². The molecule has 0 fully saturated rings. The third-order valence-electron chi connectivity index (χ3n) is 7.13. The molecule has 0 saturated heterocycles. The third-order valence-corrected chi connectivity index (χ3v) is 7.13. The zero-order chi connectivity index (χ0) is 34.6. The van der Waals surface area contributed by atoms with Crippen LogP contribution in [0.15, 0.2) is 72.8 Å². The Morgan fingerprint density at radius 3 is 2.38 bits per heavy atom. The number of nitrogens with one attached hydrogen (secondary N) is 4. The lowest BCUT2D eigenvalue weighted by Crippen LogP contribution is -2.51. The standard InChI is InChI=1S/C33H35N9O6/c1-20(2)30(33(47)36-15-14-29(44)38-25(32(46)37-19-28(35)43)16-21-8-4-3-5-9-21)39-31(45)22-12-13-27(23(17-22)18-34)48-42-26-11-7-6-10-24(26)40-41-42/h3-13,17,20,25,30H,14-16,19H2,1-2H3,(H2,35,43)(H,36,47)(H,37,46)(H,38,44)(H,39,45)/t25-,30?/m0/s1. The van der Waals surface area contributed by atoms with Gasteiger partial charge in [0, 0.05) is 24.9 Å². The van der Waals surface area contributed by atoms with E-state index >= 15 is 0 Å². The van der Waals surface area contributed by atoms with Gasteiger partial charge in [-0.1, -0.05) is 61.2 Å². The molecule has 0 radical (unpaired) electrons. The van der Waals surface area contributed by atoms with Gasteiger partial charge in [0.25, 0.3) is 5.91 Å². The summed E-state index contributed by atoms with van der Waals surface area (Å²) in [5.74, 6) is -3.12. The Balaban J connectivity index is 1.33. The first-order valence-electron chi connectivity index (χ1n) is 15.1. The molecule has 0 saturated carbocycles. The minimum atomic E-state index is -0.983. The van der Waals surface area contributed by atoms with Crippen molar-refractivity contribution in [1.29, 1.82) is 5.26 Å². The SMILES string of the molecule is CC(C)C(NC(=O)c1ccc(On2nnc3ccccc32)c(C#N)c1)C(=O)NCCC(=O)N[C@@H](Cc1ccccc1)C(=O)NCC(N)=O. The number of benzene rings is 3. The lowest BCUT2D eigenvalue weighted by atomic mass is 10.0. The van der Waals surface area contributed by atoms with Gasteiger partial charge in [0.1, 0.15) is 29.2 Å². The van der Waals surface area contributed by atoms with Gasteiger partial charge >= 0.3 is 0 Å². The number of nitrogens with two attached hydrogens (primary N) is 1. The molecule has 2 atom stereocenters. The van der Waals surface area contributed by atoms with Crippen LogP contribution in [-0.2, 0) is 25.6 Å². The number of primary amides is 1. The minimum absolute atomic E-state index is 0.0627. The number of nitrogens with zero attached hydrogens (tertiary/aromatic N) is 4. The first-order valence-corrected chi connectivity index (χ1v) is 15.1. The van der Waals surface area contributed by atoms with Crippen LogP contribution in [0, 0.1) is 17.2 Å². The summed E-state index contributed by atoms with van der Waals surface area (Å²) in [4.78, 5) is 69.7. The number of nitriles is 1. The van der Waals surface area contributed by atoms with Gasteiger partial charge in [0.15, 0.2) is 5.75 Å². The summed E-state index contributed by atoms with van der Waals surface area (Å²) >= 11 is 0. The predicted octanol–water partition coefficient (Wildman–Crippen LogP) is 0.735. The van der Waals surface area contributed by atoms with E-state index in [-0.39, 0.29) is 48.7 Å². The maximum Gasteiger partial charge on any atom is 0.251 e. The van der Waals surface area contributed by atoms with Gasteiger partial charge < -0.3 is 31.8 Å². The summed E-state index contributed by atoms with van der Waals surface area (Å²) in [7, 11) is 0. The molecule has 5 amide bonds. The first-order chi connectivity index (χ1) is 23.0. The molecule has 3 aromatic carbocycles. The number of rotatable bonds is 15. The zero-order valence-corrected chi connectivity index (χ0v) is 26.3. The molecule has 4 aromatic rings. The summed E-state index contributed by atoms with van der Waals surface area (Å²) in [6, 6.07) is 20.4. The molecule has 0 bridgehead atoms. The highest BCUT2D eigenvalue weighted by molar-refractivity contribution is 5.98. The fourth-order valence-corrected chi connectivity index (χ4v) is 4.64. The smallest absolute Gasteiger partial charge is 0.251 e. The number of carbonyl (C=O) groups excluding carboxylic acids is 5. The fraction of sp³-hybridized carbons (Fsp3) is 0.273. The zero-order valence-electron chi connectivity index (χ0n) is 26.3. The molecule has 15 nitrogen and oxygen atoms in total. The van der Waals surface area contributed by atoms with Crippen molar-refractivity contribution in [3.8, 4) is 11.8 Å². The van der Waals surface area contributed by atoms with Crippen molar-refractivity contribution in [3.05, 3.63) is 89.5 Å². The van der Waals surface area contributed by atoms with E-state index in [2.05, 4.69) is 31.6 Å². The second kappa shape index (κ2) is 16.3. The number of carbonyl (C=O) groups is 5. The van der Waals surface area contributed by atoms with Crippen molar-refractivity contribution in [2.75, 3.05) is 13.1 Å². The molecule has 1 unspecified atom stereocenters. The summed E-state index contributed by atoms with van der Waals surface area (Å²) in [6.07, 6.45) is 0.00983. The van der Waals surface area contributed by atoms with E-state index in [1.807, 2.05) is 12.1 Å². The quantitative estimate of drug-likeness (QED) is 0.122. The van der Waals surface area contributed by atoms with Crippen LogP contribution >= 0.6 is 0 Å². The second-order valence-electron chi connectivity index (χ2n) is 11.1. The van der Waals surface area contributed by atoms with E-state index in [1.165, 1.54) is 23.0 Å². The van der Waals surface area contributed by atoms with Crippen molar-refractivity contribution < 1.29 is 28.8 Å². The molecule has 15 heteroatoms. The average Bonchev–Trinajstić information content (AvgIpc) is 3.48. The highest BCUT2D eigenvalue weighted by Gasteiger charge is 2.26. The molecule has 6 N–H and O–H groups in total. The van der Waals surface area contributed by atoms with Crippen molar-refractivity contribution in [1.82, 2.24) is 36.4 Å². The van der Waals surface area contributed by atoms with Gasteiger partial charge in [-0.05, 0) is 47.0 Å².